The van der Waals surface area contributed by atoms with Crippen molar-refractivity contribution in [1.29, 1.82) is 0 Å². The predicted octanol–water partition coefficient (Wildman–Crippen LogP) is 3.95. The van der Waals surface area contributed by atoms with E-state index in [0.29, 0.717) is 11.3 Å². The fourth-order valence-electron chi connectivity index (χ4n) is 2.25. The van der Waals surface area contributed by atoms with E-state index in [0.717, 1.165) is 10.0 Å². The number of nitrogens with zero attached hydrogens (tertiary/aromatic N) is 1. The van der Waals surface area contributed by atoms with Gasteiger partial charge in [0, 0.05) is 10.0 Å². The molecule has 7 heteroatoms. The van der Waals surface area contributed by atoms with Crippen LogP contribution >= 0.6 is 15.9 Å². The van der Waals surface area contributed by atoms with E-state index in [-0.39, 0.29) is 18.1 Å². The van der Waals surface area contributed by atoms with Gasteiger partial charge in [-0.25, -0.2) is 10.2 Å². The zero-order valence-electron chi connectivity index (χ0n) is 14.1. The van der Waals surface area contributed by atoms with Gasteiger partial charge in [0.2, 0.25) is 11.7 Å². The van der Waals surface area contributed by atoms with Gasteiger partial charge in [-0.1, -0.05) is 46.3 Å². The number of carbonyl (C=O) groups is 2. The molecule has 0 unspecified atom stereocenters. The molecule has 3 aromatic rings. The SMILES string of the molecule is O=C(Cc1ccccc1)NN=Cc1cc(Br)ccc1OC(=O)c1ccco1. The Bertz CT molecular complexity index is 953. The number of furan rings is 1. The zero-order chi connectivity index (χ0) is 19.1. The number of halogens is 1. The number of amides is 1. The molecule has 0 saturated heterocycles. The summed E-state index contributed by atoms with van der Waals surface area (Å²) in [7, 11) is 0. The molecule has 2 aromatic carbocycles. The van der Waals surface area contributed by atoms with E-state index < -0.39 is 5.97 Å². The second-order valence-electron chi connectivity index (χ2n) is 5.50. The lowest BCUT2D eigenvalue weighted by Crippen LogP contribution is -2.19. The average Bonchev–Trinajstić information content (AvgIpc) is 3.19. The Kier molecular flexibility index (Phi) is 6.17. The fraction of sp³-hybridized carbons (Fsp3) is 0.0500. The molecule has 0 radical (unpaired) electrons. The number of benzene rings is 2. The summed E-state index contributed by atoms with van der Waals surface area (Å²) in [6.07, 6.45) is 3.03. The summed E-state index contributed by atoms with van der Waals surface area (Å²) >= 11 is 3.36. The number of hydrazone groups is 1. The molecule has 0 fully saturated rings. The summed E-state index contributed by atoms with van der Waals surface area (Å²) in [6.45, 7) is 0. The van der Waals surface area contributed by atoms with Crippen molar-refractivity contribution in [3.8, 4) is 5.75 Å². The molecule has 0 aliphatic carbocycles. The molecule has 0 aliphatic heterocycles. The third-order valence-corrected chi connectivity index (χ3v) is 3.99. The fourth-order valence-corrected chi connectivity index (χ4v) is 2.63. The van der Waals surface area contributed by atoms with E-state index in [2.05, 4.69) is 26.5 Å². The Morgan fingerprint density at radius 2 is 1.93 bits per heavy atom. The highest BCUT2D eigenvalue weighted by atomic mass is 79.9. The Labute approximate surface area is 164 Å². The van der Waals surface area contributed by atoms with Crippen molar-refractivity contribution in [2.75, 3.05) is 0 Å². The molecule has 27 heavy (non-hydrogen) atoms. The van der Waals surface area contributed by atoms with Crippen molar-refractivity contribution in [3.63, 3.8) is 0 Å². The molecule has 1 N–H and O–H groups in total. The van der Waals surface area contributed by atoms with Gasteiger partial charge in [-0.3, -0.25) is 4.79 Å². The molecular formula is C20H15BrN2O4. The minimum Gasteiger partial charge on any atom is -0.457 e. The summed E-state index contributed by atoms with van der Waals surface area (Å²) in [5, 5.41) is 3.95. The molecule has 6 nitrogen and oxygen atoms in total. The standard InChI is InChI=1S/C20H15BrN2O4/c21-16-8-9-17(27-20(25)18-7-4-10-26-18)15(12-16)13-22-23-19(24)11-14-5-2-1-3-6-14/h1-10,12-13H,11H2,(H,23,24). The highest BCUT2D eigenvalue weighted by Crippen LogP contribution is 2.23. The number of nitrogens with one attached hydrogen (secondary N) is 1. The smallest absolute Gasteiger partial charge is 0.379 e. The van der Waals surface area contributed by atoms with E-state index in [1.807, 2.05) is 30.3 Å². The summed E-state index contributed by atoms with van der Waals surface area (Å²) in [6, 6.07) is 17.5. The number of ether oxygens (including phenoxy) is 1. The normalized spacial score (nSPS) is 10.7. The highest BCUT2D eigenvalue weighted by molar-refractivity contribution is 9.10. The molecular weight excluding hydrogens is 412 g/mol. The van der Waals surface area contributed by atoms with Crippen LogP contribution in [-0.2, 0) is 11.2 Å². The van der Waals surface area contributed by atoms with Crippen molar-refractivity contribution in [3.05, 3.63) is 88.3 Å². The Morgan fingerprint density at radius 3 is 2.67 bits per heavy atom. The Hall–Kier alpha value is -3.19. The van der Waals surface area contributed by atoms with E-state index in [4.69, 9.17) is 9.15 Å². The molecule has 0 atom stereocenters. The Balaban J connectivity index is 1.66. The van der Waals surface area contributed by atoms with E-state index in [1.54, 1.807) is 24.3 Å². The van der Waals surface area contributed by atoms with Crippen LogP contribution < -0.4 is 10.2 Å². The Morgan fingerprint density at radius 1 is 1.11 bits per heavy atom. The lowest BCUT2D eigenvalue weighted by atomic mass is 10.1. The number of hydrogen-bond donors (Lipinski definition) is 1. The van der Waals surface area contributed by atoms with Gasteiger partial charge >= 0.3 is 5.97 Å². The summed E-state index contributed by atoms with van der Waals surface area (Å²) in [5.74, 6) is -0.482. The molecule has 1 aromatic heterocycles. The molecule has 3 rings (SSSR count). The van der Waals surface area contributed by atoms with Crippen molar-refractivity contribution in [2.45, 2.75) is 6.42 Å². The van der Waals surface area contributed by atoms with Crippen molar-refractivity contribution in [1.82, 2.24) is 5.43 Å². The van der Waals surface area contributed by atoms with Crippen molar-refractivity contribution >= 4 is 34.0 Å². The molecule has 136 valence electrons. The first-order valence-electron chi connectivity index (χ1n) is 8.03. The van der Waals surface area contributed by atoms with Gasteiger partial charge < -0.3 is 9.15 Å². The van der Waals surface area contributed by atoms with E-state index in [1.165, 1.54) is 18.5 Å². The van der Waals surface area contributed by atoms with Gasteiger partial charge in [0.15, 0.2) is 0 Å². The maximum atomic E-state index is 12.1. The van der Waals surface area contributed by atoms with E-state index in [9.17, 15) is 9.59 Å². The van der Waals surface area contributed by atoms with Crippen LogP contribution in [0.25, 0.3) is 0 Å². The van der Waals surface area contributed by atoms with Crippen molar-refractivity contribution in [2.24, 2.45) is 5.10 Å². The quantitative estimate of drug-likeness (QED) is 0.280. The second kappa shape index (κ2) is 8.95. The molecule has 0 aliphatic rings. The van der Waals surface area contributed by atoms with Crippen LogP contribution in [0, 0.1) is 0 Å². The predicted molar refractivity (Wildman–Crippen MR) is 104 cm³/mol. The summed E-state index contributed by atoms with van der Waals surface area (Å²) in [4.78, 5) is 24.0. The maximum Gasteiger partial charge on any atom is 0.379 e. The van der Waals surface area contributed by atoms with Gasteiger partial charge in [-0.2, -0.15) is 5.10 Å². The molecule has 0 bridgehead atoms. The third-order valence-electron chi connectivity index (χ3n) is 3.50. The zero-order valence-corrected chi connectivity index (χ0v) is 15.7. The van der Waals surface area contributed by atoms with Gasteiger partial charge in [0.1, 0.15) is 5.75 Å². The third kappa shape index (κ3) is 5.39. The molecule has 1 amide bonds. The van der Waals surface area contributed by atoms with Gasteiger partial charge in [-0.15, -0.1) is 0 Å². The average molecular weight is 427 g/mol. The number of esters is 1. The molecule has 0 spiro atoms. The van der Waals surface area contributed by atoms with Gasteiger partial charge in [0.25, 0.3) is 0 Å². The monoisotopic (exact) mass is 426 g/mol. The van der Waals surface area contributed by atoms with E-state index >= 15 is 0 Å². The van der Waals surface area contributed by atoms with Crippen LogP contribution in [0.1, 0.15) is 21.7 Å². The number of hydrogen-bond acceptors (Lipinski definition) is 5. The topological polar surface area (TPSA) is 80.9 Å². The minimum absolute atomic E-state index is 0.0944. The van der Waals surface area contributed by atoms with Gasteiger partial charge in [0.05, 0.1) is 18.9 Å². The minimum atomic E-state index is -0.620. The number of rotatable bonds is 6. The van der Waals surface area contributed by atoms with Crippen LogP contribution in [0.15, 0.2) is 80.9 Å². The summed E-state index contributed by atoms with van der Waals surface area (Å²) in [5.41, 5.74) is 3.87. The molecule has 0 saturated carbocycles. The highest BCUT2D eigenvalue weighted by Gasteiger charge is 2.14. The van der Waals surface area contributed by atoms with Crippen LogP contribution in [0.4, 0.5) is 0 Å². The first-order valence-corrected chi connectivity index (χ1v) is 8.82. The van der Waals surface area contributed by atoms with Crippen molar-refractivity contribution < 1.29 is 18.7 Å². The second-order valence-corrected chi connectivity index (χ2v) is 6.42. The summed E-state index contributed by atoms with van der Waals surface area (Å²) < 4.78 is 11.1. The van der Waals surface area contributed by atoms with Crippen LogP contribution in [0.5, 0.6) is 5.75 Å². The van der Waals surface area contributed by atoms with Crippen LogP contribution in [0.3, 0.4) is 0 Å². The number of carbonyl (C=O) groups excluding carboxylic acids is 2. The first kappa shape index (κ1) is 18.6. The van der Waals surface area contributed by atoms with Crippen LogP contribution in [-0.4, -0.2) is 18.1 Å². The van der Waals surface area contributed by atoms with Crippen LogP contribution in [0.2, 0.25) is 0 Å². The lowest BCUT2D eigenvalue weighted by molar-refractivity contribution is -0.120. The first-order chi connectivity index (χ1) is 13.1. The van der Waals surface area contributed by atoms with Gasteiger partial charge in [-0.05, 0) is 35.9 Å². The lowest BCUT2D eigenvalue weighted by Gasteiger charge is -2.07. The maximum absolute atomic E-state index is 12.1. The molecule has 1 heterocycles. The largest absolute Gasteiger partial charge is 0.457 e.